The van der Waals surface area contributed by atoms with Gasteiger partial charge in [0.15, 0.2) is 0 Å². The molecule has 0 fully saturated rings. The van der Waals surface area contributed by atoms with Crippen molar-refractivity contribution in [2.24, 2.45) is 0 Å². The van der Waals surface area contributed by atoms with Crippen LogP contribution in [0.1, 0.15) is 10.4 Å². The van der Waals surface area contributed by atoms with E-state index in [1.54, 1.807) is 31.4 Å². The Morgan fingerprint density at radius 3 is 2.74 bits per heavy atom. The Morgan fingerprint density at radius 2 is 2.05 bits per heavy atom. The fraction of sp³-hybridized carbons (Fsp3) is 0.0714. The first kappa shape index (κ1) is 14.1. The predicted molar refractivity (Wildman–Crippen MR) is 85.1 cm³/mol. The van der Waals surface area contributed by atoms with Crippen molar-refractivity contribution in [3.05, 3.63) is 56.6 Å². The van der Waals surface area contributed by atoms with Crippen molar-refractivity contribution in [1.82, 2.24) is 0 Å². The van der Waals surface area contributed by atoms with Gasteiger partial charge in [0.2, 0.25) is 0 Å². The number of carbonyl (C=O) groups excluding carboxylic acids is 1. The lowest BCUT2D eigenvalue weighted by Gasteiger charge is -2.09. The summed E-state index contributed by atoms with van der Waals surface area (Å²) in [6, 6.07) is 12.4. The molecule has 0 unspecified atom stereocenters. The van der Waals surface area contributed by atoms with Gasteiger partial charge in [-0.2, -0.15) is 0 Å². The summed E-state index contributed by atoms with van der Waals surface area (Å²) in [6.45, 7) is 0. The van der Waals surface area contributed by atoms with E-state index < -0.39 is 0 Å². The summed E-state index contributed by atoms with van der Waals surface area (Å²) in [5.74, 6) is 0.441. The fourth-order valence-electron chi connectivity index (χ4n) is 1.55. The standard InChI is InChI=1S/C14H11ClINO2/c1-19-11-5-6-12(15)13(8-11)17-14(18)9-3-2-4-10(16)7-9/h2-8H,1H3,(H,17,18). The van der Waals surface area contributed by atoms with Crippen LogP contribution < -0.4 is 10.1 Å². The smallest absolute Gasteiger partial charge is 0.255 e. The summed E-state index contributed by atoms with van der Waals surface area (Å²) in [6.07, 6.45) is 0. The summed E-state index contributed by atoms with van der Waals surface area (Å²) >= 11 is 8.21. The highest BCUT2D eigenvalue weighted by molar-refractivity contribution is 14.1. The van der Waals surface area contributed by atoms with Crippen LogP contribution in [0.25, 0.3) is 0 Å². The molecule has 3 nitrogen and oxygen atoms in total. The molecular weight excluding hydrogens is 377 g/mol. The zero-order valence-electron chi connectivity index (χ0n) is 10.1. The van der Waals surface area contributed by atoms with Gasteiger partial charge < -0.3 is 10.1 Å². The van der Waals surface area contributed by atoms with Gasteiger partial charge >= 0.3 is 0 Å². The number of amides is 1. The van der Waals surface area contributed by atoms with E-state index in [1.165, 1.54) is 0 Å². The predicted octanol–water partition coefficient (Wildman–Crippen LogP) is 4.21. The van der Waals surface area contributed by atoms with E-state index >= 15 is 0 Å². The number of methoxy groups -OCH3 is 1. The third-order valence-electron chi connectivity index (χ3n) is 2.51. The number of halogens is 2. The minimum Gasteiger partial charge on any atom is -0.497 e. The molecule has 2 aromatic carbocycles. The second kappa shape index (κ2) is 6.25. The van der Waals surface area contributed by atoms with E-state index in [9.17, 15) is 4.79 Å². The van der Waals surface area contributed by atoms with E-state index in [1.807, 2.05) is 18.2 Å². The monoisotopic (exact) mass is 387 g/mol. The molecule has 0 saturated carbocycles. The summed E-state index contributed by atoms with van der Waals surface area (Å²) in [4.78, 5) is 12.1. The molecule has 1 N–H and O–H groups in total. The number of rotatable bonds is 3. The minimum absolute atomic E-state index is 0.200. The number of anilines is 1. The van der Waals surface area contributed by atoms with Crippen molar-refractivity contribution in [2.45, 2.75) is 0 Å². The summed E-state index contributed by atoms with van der Waals surface area (Å²) < 4.78 is 6.11. The van der Waals surface area contributed by atoms with Crippen LogP contribution in [0.4, 0.5) is 5.69 Å². The van der Waals surface area contributed by atoms with Crippen molar-refractivity contribution in [3.8, 4) is 5.75 Å². The Bertz CT molecular complexity index is 616. The Balaban J connectivity index is 2.23. The highest BCUT2D eigenvalue weighted by Crippen LogP contribution is 2.27. The average Bonchev–Trinajstić information content (AvgIpc) is 2.41. The second-order valence-electron chi connectivity index (χ2n) is 3.81. The van der Waals surface area contributed by atoms with Crippen LogP contribution in [0.15, 0.2) is 42.5 Å². The molecule has 2 rings (SSSR count). The quantitative estimate of drug-likeness (QED) is 0.802. The SMILES string of the molecule is COc1ccc(Cl)c(NC(=O)c2cccc(I)c2)c1. The molecule has 0 aliphatic heterocycles. The van der Waals surface area contributed by atoms with Gasteiger partial charge in [-0.05, 0) is 52.9 Å². The van der Waals surface area contributed by atoms with E-state index in [2.05, 4.69) is 27.9 Å². The maximum atomic E-state index is 12.1. The molecule has 0 aromatic heterocycles. The number of ether oxygens (including phenoxy) is 1. The van der Waals surface area contributed by atoms with Gasteiger partial charge in [-0.25, -0.2) is 0 Å². The largest absolute Gasteiger partial charge is 0.497 e. The number of hydrogen-bond donors (Lipinski definition) is 1. The minimum atomic E-state index is -0.200. The molecule has 5 heteroatoms. The van der Waals surface area contributed by atoms with E-state index in [0.717, 1.165) is 3.57 Å². The van der Waals surface area contributed by atoms with Crippen LogP contribution in [-0.4, -0.2) is 13.0 Å². The molecule has 0 radical (unpaired) electrons. The molecule has 0 saturated heterocycles. The molecule has 2 aromatic rings. The molecule has 1 amide bonds. The van der Waals surface area contributed by atoms with Crippen LogP contribution >= 0.6 is 34.2 Å². The first-order valence-electron chi connectivity index (χ1n) is 5.50. The van der Waals surface area contributed by atoms with Crippen LogP contribution in [0.2, 0.25) is 5.02 Å². The lowest BCUT2D eigenvalue weighted by molar-refractivity contribution is 0.102. The Kier molecular flexibility index (Phi) is 4.66. The summed E-state index contributed by atoms with van der Waals surface area (Å²) in [7, 11) is 1.56. The van der Waals surface area contributed by atoms with E-state index in [-0.39, 0.29) is 5.91 Å². The number of carbonyl (C=O) groups is 1. The van der Waals surface area contributed by atoms with Crippen molar-refractivity contribution in [1.29, 1.82) is 0 Å². The van der Waals surface area contributed by atoms with Gasteiger partial charge in [-0.3, -0.25) is 4.79 Å². The second-order valence-corrected chi connectivity index (χ2v) is 5.46. The Morgan fingerprint density at radius 1 is 1.26 bits per heavy atom. The lowest BCUT2D eigenvalue weighted by Crippen LogP contribution is -2.12. The third kappa shape index (κ3) is 3.61. The van der Waals surface area contributed by atoms with Gasteiger partial charge in [0, 0.05) is 15.2 Å². The van der Waals surface area contributed by atoms with Gasteiger partial charge in [0.05, 0.1) is 17.8 Å². The van der Waals surface area contributed by atoms with Crippen LogP contribution in [0.3, 0.4) is 0 Å². The summed E-state index contributed by atoms with van der Waals surface area (Å²) in [5.41, 5.74) is 1.12. The zero-order chi connectivity index (χ0) is 13.8. The molecule has 0 spiro atoms. The highest BCUT2D eigenvalue weighted by atomic mass is 127. The lowest BCUT2D eigenvalue weighted by atomic mass is 10.2. The van der Waals surface area contributed by atoms with Crippen molar-refractivity contribution in [3.63, 3.8) is 0 Å². The first-order valence-corrected chi connectivity index (χ1v) is 6.96. The maximum absolute atomic E-state index is 12.1. The van der Waals surface area contributed by atoms with Crippen molar-refractivity contribution >= 4 is 45.8 Å². The maximum Gasteiger partial charge on any atom is 0.255 e. The molecule has 0 heterocycles. The molecule has 0 aliphatic carbocycles. The fourth-order valence-corrected chi connectivity index (χ4v) is 2.26. The number of hydrogen-bond acceptors (Lipinski definition) is 2. The van der Waals surface area contributed by atoms with Crippen LogP contribution in [0, 0.1) is 3.57 Å². The van der Waals surface area contributed by atoms with Gasteiger partial charge in [0.25, 0.3) is 5.91 Å². The zero-order valence-corrected chi connectivity index (χ0v) is 13.0. The van der Waals surface area contributed by atoms with Crippen molar-refractivity contribution in [2.75, 3.05) is 12.4 Å². The van der Waals surface area contributed by atoms with Gasteiger partial charge in [0.1, 0.15) is 5.75 Å². The third-order valence-corrected chi connectivity index (χ3v) is 3.51. The van der Waals surface area contributed by atoms with Crippen molar-refractivity contribution < 1.29 is 9.53 Å². The normalized spacial score (nSPS) is 10.1. The number of benzene rings is 2. The Hall–Kier alpha value is -1.27. The number of nitrogens with one attached hydrogen (secondary N) is 1. The van der Waals surface area contributed by atoms with E-state index in [4.69, 9.17) is 16.3 Å². The van der Waals surface area contributed by atoms with Crippen LogP contribution in [0.5, 0.6) is 5.75 Å². The molecule has 19 heavy (non-hydrogen) atoms. The molecule has 0 aliphatic rings. The molecular formula is C14H11ClINO2. The topological polar surface area (TPSA) is 38.3 Å². The van der Waals surface area contributed by atoms with Crippen LogP contribution in [-0.2, 0) is 0 Å². The summed E-state index contributed by atoms with van der Waals surface area (Å²) in [5, 5.41) is 3.25. The first-order chi connectivity index (χ1) is 9.10. The average molecular weight is 388 g/mol. The molecule has 0 bridgehead atoms. The van der Waals surface area contributed by atoms with E-state index in [0.29, 0.717) is 22.0 Å². The molecule has 98 valence electrons. The Labute approximate surface area is 130 Å². The highest BCUT2D eigenvalue weighted by Gasteiger charge is 2.09. The van der Waals surface area contributed by atoms with Gasteiger partial charge in [-0.1, -0.05) is 17.7 Å². The molecule has 0 atom stereocenters. The van der Waals surface area contributed by atoms with Gasteiger partial charge in [-0.15, -0.1) is 0 Å².